The number of nitrogens with zero attached hydrogens (tertiary/aromatic N) is 3. The largest absolute Gasteiger partial charge is 0.484 e. The molecule has 1 aliphatic carbocycles. The molecule has 152 valence electrons. The maximum absolute atomic E-state index is 12.3. The van der Waals surface area contributed by atoms with Gasteiger partial charge in [0.25, 0.3) is 0 Å². The molecule has 28 heavy (non-hydrogen) atoms. The molecule has 1 heterocycles. The molecule has 0 atom stereocenters. The second kappa shape index (κ2) is 10.4. The summed E-state index contributed by atoms with van der Waals surface area (Å²) in [5.41, 5.74) is 0. The molecule has 1 N–H and O–H groups in total. The number of benzene rings is 1. The van der Waals surface area contributed by atoms with Crippen molar-refractivity contribution in [2.24, 2.45) is 7.05 Å². The summed E-state index contributed by atoms with van der Waals surface area (Å²) in [7, 11) is 1.85. The predicted molar refractivity (Wildman–Crippen MR) is 112 cm³/mol. The van der Waals surface area contributed by atoms with Crippen molar-refractivity contribution in [3.05, 3.63) is 34.1 Å². The maximum atomic E-state index is 12.3. The lowest BCUT2D eigenvalue weighted by atomic mass is 10.1. The van der Waals surface area contributed by atoms with Gasteiger partial charge >= 0.3 is 0 Å². The summed E-state index contributed by atoms with van der Waals surface area (Å²) in [6.07, 6.45) is 7.08. The van der Waals surface area contributed by atoms with Gasteiger partial charge in [-0.15, -0.1) is 10.2 Å². The van der Waals surface area contributed by atoms with Crippen LogP contribution in [0.15, 0.2) is 23.4 Å². The molecule has 2 aromatic rings. The van der Waals surface area contributed by atoms with Crippen LogP contribution in [-0.2, 0) is 18.4 Å². The molecule has 0 bridgehead atoms. The van der Waals surface area contributed by atoms with Gasteiger partial charge in [0.2, 0.25) is 5.91 Å². The van der Waals surface area contributed by atoms with Crippen LogP contribution in [0.2, 0.25) is 10.0 Å². The van der Waals surface area contributed by atoms with Gasteiger partial charge in [-0.3, -0.25) is 4.79 Å². The van der Waals surface area contributed by atoms with E-state index in [2.05, 4.69) is 15.5 Å². The van der Waals surface area contributed by atoms with E-state index in [0.717, 1.165) is 12.8 Å². The van der Waals surface area contributed by atoms with Crippen molar-refractivity contribution in [3.63, 3.8) is 0 Å². The Morgan fingerprint density at radius 2 is 2.00 bits per heavy atom. The van der Waals surface area contributed by atoms with Crippen LogP contribution in [0.5, 0.6) is 5.75 Å². The summed E-state index contributed by atoms with van der Waals surface area (Å²) in [6, 6.07) is 5.35. The van der Waals surface area contributed by atoms with Crippen molar-refractivity contribution in [1.82, 2.24) is 20.1 Å². The SMILES string of the molecule is Cn1c(COc2cc(Cl)ccc2Cl)nnc1SCC(=O)NC1CCCCCC1. The first-order valence-electron chi connectivity index (χ1n) is 9.41. The Hall–Kier alpha value is -1.44. The number of thioether (sulfide) groups is 1. The third-order valence-electron chi connectivity index (χ3n) is 4.73. The van der Waals surface area contributed by atoms with E-state index in [1.165, 1.54) is 37.4 Å². The van der Waals surface area contributed by atoms with Crippen LogP contribution in [0, 0.1) is 0 Å². The smallest absolute Gasteiger partial charge is 0.230 e. The average molecular weight is 443 g/mol. The zero-order valence-corrected chi connectivity index (χ0v) is 18.1. The minimum atomic E-state index is 0.0448. The molecule has 3 rings (SSSR count). The first kappa shape index (κ1) is 21.3. The number of amides is 1. The Bertz CT molecular complexity index is 807. The van der Waals surface area contributed by atoms with Gasteiger partial charge in [-0.1, -0.05) is 60.6 Å². The van der Waals surface area contributed by atoms with Crippen molar-refractivity contribution in [2.45, 2.75) is 56.3 Å². The molecule has 1 aromatic heterocycles. The molecule has 1 saturated carbocycles. The molecule has 1 aromatic carbocycles. The number of hydrogen-bond acceptors (Lipinski definition) is 5. The lowest BCUT2D eigenvalue weighted by Gasteiger charge is -2.15. The summed E-state index contributed by atoms with van der Waals surface area (Å²) < 4.78 is 7.53. The molecule has 1 fully saturated rings. The fraction of sp³-hybridized carbons (Fsp3) is 0.526. The Morgan fingerprint density at radius 1 is 1.25 bits per heavy atom. The van der Waals surface area contributed by atoms with E-state index < -0.39 is 0 Å². The molecule has 0 saturated heterocycles. The lowest BCUT2D eigenvalue weighted by molar-refractivity contribution is -0.119. The second-order valence-corrected chi connectivity index (χ2v) is 8.65. The van der Waals surface area contributed by atoms with Gasteiger partial charge < -0.3 is 14.6 Å². The first-order chi connectivity index (χ1) is 13.5. The maximum Gasteiger partial charge on any atom is 0.230 e. The Morgan fingerprint density at radius 3 is 2.75 bits per heavy atom. The fourth-order valence-electron chi connectivity index (χ4n) is 3.15. The Kier molecular flexibility index (Phi) is 7.88. The highest BCUT2D eigenvalue weighted by molar-refractivity contribution is 7.99. The number of ether oxygens (including phenoxy) is 1. The summed E-state index contributed by atoms with van der Waals surface area (Å²) in [5.74, 6) is 1.50. The topological polar surface area (TPSA) is 69.0 Å². The summed E-state index contributed by atoms with van der Waals surface area (Å²) in [5, 5.41) is 13.2. The van der Waals surface area contributed by atoms with Crippen molar-refractivity contribution >= 4 is 40.9 Å². The van der Waals surface area contributed by atoms with Crippen molar-refractivity contribution in [3.8, 4) is 5.75 Å². The second-order valence-electron chi connectivity index (χ2n) is 6.87. The number of nitrogens with one attached hydrogen (secondary N) is 1. The van der Waals surface area contributed by atoms with Gasteiger partial charge in [-0.25, -0.2) is 0 Å². The summed E-state index contributed by atoms with van der Waals surface area (Å²) in [6.45, 7) is 0.207. The third kappa shape index (κ3) is 6.03. The highest BCUT2D eigenvalue weighted by Gasteiger charge is 2.17. The number of carbonyl (C=O) groups excluding carboxylic acids is 1. The predicted octanol–water partition coefficient (Wildman–Crippen LogP) is 4.63. The number of aromatic nitrogens is 3. The van der Waals surface area contributed by atoms with Crippen LogP contribution in [0.3, 0.4) is 0 Å². The zero-order valence-electron chi connectivity index (χ0n) is 15.8. The van der Waals surface area contributed by atoms with Crippen LogP contribution in [0.4, 0.5) is 0 Å². The third-order valence-corrected chi connectivity index (χ3v) is 6.30. The van der Waals surface area contributed by atoms with Crippen molar-refractivity contribution < 1.29 is 9.53 Å². The molecule has 0 unspecified atom stereocenters. The van der Waals surface area contributed by atoms with Crippen LogP contribution >= 0.6 is 35.0 Å². The average Bonchev–Trinajstić information content (AvgIpc) is 2.85. The van der Waals surface area contributed by atoms with Gasteiger partial charge in [0.05, 0.1) is 10.8 Å². The molecule has 0 spiro atoms. The molecule has 0 aliphatic heterocycles. The van der Waals surface area contributed by atoms with Gasteiger partial charge in [0.1, 0.15) is 12.4 Å². The molecular weight excluding hydrogens is 419 g/mol. The fourth-order valence-corrected chi connectivity index (χ4v) is 4.22. The normalized spacial score (nSPS) is 15.2. The monoisotopic (exact) mass is 442 g/mol. The van der Waals surface area contributed by atoms with E-state index in [1.807, 2.05) is 11.6 Å². The number of halogens is 2. The van der Waals surface area contributed by atoms with E-state index >= 15 is 0 Å². The first-order valence-corrected chi connectivity index (χ1v) is 11.2. The molecule has 1 amide bonds. The van der Waals surface area contributed by atoms with Crippen LogP contribution in [0.25, 0.3) is 0 Å². The molecule has 6 nitrogen and oxygen atoms in total. The van der Waals surface area contributed by atoms with E-state index in [4.69, 9.17) is 27.9 Å². The molecular formula is C19H24Cl2N4O2S. The zero-order chi connectivity index (χ0) is 19.9. The summed E-state index contributed by atoms with van der Waals surface area (Å²) in [4.78, 5) is 12.3. The van der Waals surface area contributed by atoms with Gasteiger partial charge in [-0.05, 0) is 25.0 Å². The lowest BCUT2D eigenvalue weighted by Crippen LogP contribution is -2.35. The number of carbonyl (C=O) groups is 1. The van der Waals surface area contributed by atoms with Crippen molar-refractivity contribution in [1.29, 1.82) is 0 Å². The van der Waals surface area contributed by atoms with Gasteiger partial charge in [0, 0.05) is 24.2 Å². The van der Waals surface area contributed by atoms with Gasteiger partial charge in [0.15, 0.2) is 11.0 Å². The van der Waals surface area contributed by atoms with E-state index in [9.17, 15) is 4.79 Å². The Labute approximate surface area is 179 Å². The van der Waals surface area contributed by atoms with Gasteiger partial charge in [-0.2, -0.15) is 0 Å². The van der Waals surface area contributed by atoms with Crippen LogP contribution in [0.1, 0.15) is 44.3 Å². The molecule has 9 heteroatoms. The minimum absolute atomic E-state index is 0.0448. The highest BCUT2D eigenvalue weighted by atomic mass is 35.5. The van der Waals surface area contributed by atoms with Crippen LogP contribution in [-0.4, -0.2) is 32.5 Å². The number of rotatable bonds is 7. The van der Waals surface area contributed by atoms with Crippen LogP contribution < -0.4 is 10.1 Å². The highest BCUT2D eigenvalue weighted by Crippen LogP contribution is 2.28. The van der Waals surface area contributed by atoms with E-state index in [-0.39, 0.29) is 12.5 Å². The molecule has 1 aliphatic rings. The standard InChI is InChI=1S/C19H24Cl2N4O2S/c1-25-17(11-27-16-10-13(20)8-9-15(16)21)23-24-19(25)28-12-18(26)22-14-6-4-2-3-5-7-14/h8-10,14H,2-7,11-12H2,1H3,(H,22,26). The van der Waals surface area contributed by atoms with E-state index in [0.29, 0.717) is 38.6 Å². The quantitative estimate of drug-likeness (QED) is 0.499. The molecule has 0 radical (unpaired) electrons. The Balaban J connectivity index is 1.50. The number of hydrogen-bond donors (Lipinski definition) is 1. The summed E-state index contributed by atoms with van der Waals surface area (Å²) >= 11 is 13.4. The van der Waals surface area contributed by atoms with E-state index in [1.54, 1.807) is 18.2 Å². The minimum Gasteiger partial charge on any atom is -0.484 e. The van der Waals surface area contributed by atoms with Crippen molar-refractivity contribution in [2.75, 3.05) is 5.75 Å².